The fraction of sp³-hybridized carbons (Fsp3) is 0.625. The molecule has 0 aromatic heterocycles. The van der Waals surface area contributed by atoms with Gasteiger partial charge >= 0.3 is 111 Å². The summed E-state index contributed by atoms with van der Waals surface area (Å²) >= 11 is 3.09. The molecule has 0 saturated heterocycles. The number of hydrogen-bond donors (Lipinski definition) is 0. The van der Waals surface area contributed by atoms with Gasteiger partial charge in [0, 0.05) is 0 Å². The van der Waals surface area contributed by atoms with Crippen LogP contribution in [0, 0.1) is 0 Å². The van der Waals surface area contributed by atoms with Crippen molar-refractivity contribution in [2.45, 2.75) is 30.4 Å². The quantitative estimate of drug-likeness (QED) is 0.226. The van der Waals surface area contributed by atoms with Gasteiger partial charge in [-0.15, -0.1) is 0 Å². The van der Waals surface area contributed by atoms with Crippen molar-refractivity contribution in [1.82, 2.24) is 5.06 Å². The SMILES string of the molecule is C=C(I)N(OC(C)(C)C)C1C=I[I-]1. The first kappa shape index (κ1) is 12.6. The van der Waals surface area contributed by atoms with E-state index in [9.17, 15) is 0 Å². The van der Waals surface area contributed by atoms with E-state index in [2.05, 4.69) is 54.0 Å². The van der Waals surface area contributed by atoms with Crippen LogP contribution in [0.1, 0.15) is 20.8 Å². The number of nitrogens with zero attached hydrogens (tertiary/aromatic N) is 1. The molecule has 13 heavy (non-hydrogen) atoms. The topological polar surface area (TPSA) is 12.5 Å². The third kappa shape index (κ3) is 4.29. The Labute approximate surface area is 110 Å². The van der Waals surface area contributed by atoms with Crippen molar-refractivity contribution in [2.24, 2.45) is 0 Å². The molecule has 5 heteroatoms. The molecule has 0 aromatic rings. The van der Waals surface area contributed by atoms with E-state index >= 15 is 0 Å². The van der Waals surface area contributed by atoms with Crippen molar-refractivity contribution in [3.05, 3.63) is 10.3 Å². The maximum absolute atomic E-state index is 5.84. The minimum atomic E-state index is -0.112. The van der Waals surface area contributed by atoms with E-state index in [-0.39, 0.29) is 5.60 Å². The fourth-order valence-corrected chi connectivity index (χ4v) is 7.82. The minimum absolute atomic E-state index is 0.112. The Kier molecular flexibility index (Phi) is 4.92. The Morgan fingerprint density at radius 1 is 1.69 bits per heavy atom. The van der Waals surface area contributed by atoms with Gasteiger partial charge in [-0.25, -0.2) is 0 Å². The van der Waals surface area contributed by atoms with Crippen LogP contribution in [0.15, 0.2) is 10.3 Å². The summed E-state index contributed by atoms with van der Waals surface area (Å²) in [7, 11) is 0. The zero-order valence-corrected chi connectivity index (χ0v) is 14.3. The van der Waals surface area contributed by atoms with E-state index in [4.69, 9.17) is 4.84 Å². The second-order valence-corrected chi connectivity index (χ2v) is 14.1. The first-order valence-corrected chi connectivity index (χ1v) is 13.7. The predicted molar refractivity (Wildman–Crippen MR) is 69.7 cm³/mol. The fourth-order valence-electron chi connectivity index (χ4n) is 0.704. The summed E-state index contributed by atoms with van der Waals surface area (Å²) in [6.07, 6.45) is 0. The summed E-state index contributed by atoms with van der Waals surface area (Å²) in [4.78, 5) is 5.84. The Morgan fingerprint density at radius 3 is 2.46 bits per heavy atom. The van der Waals surface area contributed by atoms with Crippen LogP contribution in [0.2, 0.25) is 0 Å². The van der Waals surface area contributed by atoms with Gasteiger partial charge in [-0.2, -0.15) is 0 Å². The van der Waals surface area contributed by atoms with Crippen LogP contribution in [0.3, 0.4) is 0 Å². The molecular formula is C8H13I3NO-. The molecule has 1 unspecified atom stereocenters. The van der Waals surface area contributed by atoms with Gasteiger partial charge in [0.25, 0.3) is 0 Å². The Bertz CT molecular complexity index is 234. The number of alkyl halides is 1. The summed E-state index contributed by atoms with van der Waals surface area (Å²) in [5, 5.41) is 2.00. The predicted octanol–water partition coefficient (Wildman–Crippen LogP) is 0.0413. The monoisotopic (exact) mass is 520 g/mol. The van der Waals surface area contributed by atoms with Crippen molar-refractivity contribution < 1.29 is 22.1 Å². The summed E-state index contributed by atoms with van der Waals surface area (Å²) in [5.41, 5.74) is -0.112. The first-order chi connectivity index (χ1) is 5.90. The van der Waals surface area contributed by atoms with E-state index in [0.717, 1.165) is 3.70 Å². The van der Waals surface area contributed by atoms with Crippen LogP contribution in [0.4, 0.5) is 0 Å². The van der Waals surface area contributed by atoms with Gasteiger partial charge in [-0.1, -0.05) is 0 Å². The maximum atomic E-state index is 5.84. The van der Waals surface area contributed by atoms with E-state index < -0.39 is 0 Å². The van der Waals surface area contributed by atoms with Gasteiger partial charge < -0.3 is 0 Å². The molecule has 1 rings (SSSR count). The van der Waals surface area contributed by atoms with Crippen LogP contribution >= 0.6 is 39.3 Å². The molecule has 0 spiro atoms. The number of halogens is 3. The summed E-state index contributed by atoms with van der Waals surface area (Å²) in [6, 6.07) is 0. The molecule has 1 heterocycles. The molecule has 1 aliphatic heterocycles. The molecule has 2 nitrogen and oxygen atoms in total. The van der Waals surface area contributed by atoms with E-state index in [1.165, 1.54) is 0 Å². The normalized spacial score (nSPS) is 22.3. The molecule has 0 N–H and O–H groups in total. The third-order valence-corrected chi connectivity index (χ3v) is 12.4. The van der Waals surface area contributed by atoms with E-state index in [0.29, 0.717) is 38.0 Å². The molecule has 78 valence electrons. The van der Waals surface area contributed by atoms with Crippen molar-refractivity contribution >= 4 is 43.4 Å². The molecule has 1 atom stereocenters. The van der Waals surface area contributed by atoms with Crippen LogP contribution in [-0.2, 0) is 4.84 Å². The second-order valence-electron chi connectivity index (χ2n) is 3.57. The summed E-state index contributed by atoms with van der Waals surface area (Å²) < 4.78 is 4.01. The van der Waals surface area contributed by atoms with Gasteiger partial charge in [0.15, 0.2) is 0 Å². The first-order valence-electron chi connectivity index (χ1n) is 3.82. The number of hydrogen-bond acceptors (Lipinski definition) is 2. The molecule has 0 saturated carbocycles. The Morgan fingerprint density at radius 2 is 2.23 bits per heavy atom. The molecule has 0 amide bonds. The van der Waals surface area contributed by atoms with Crippen LogP contribution < -0.4 is 17.2 Å². The van der Waals surface area contributed by atoms with Gasteiger partial charge in [-0.3, -0.25) is 0 Å². The zero-order valence-electron chi connectivity index (χ0n) is 7.85. The summed E-state index contributed by atoms with van der Waals surface area (Å²) in [5.74, 6) is 0. The molecule has 0 radical (unpaired) electrons. The molecule has 0 fully saturated rings. The molecule has 0 bridgehead atoms. The second kappa shape index (κ2) is 5.06. The van der Waals surface area contributed by atoms with Crippen LogP contribution in [0.25, 0.3) is 0 Å². The van der Waals surface area contributed by atoms with Gasteiger partial charge in [0.05, 0.1) is 0 Å². The Balaban J connectivity index is 2.58. The molecule has 1 aliphatic rings. The van der Waals surface area contributed by atoms with Crippen molar-refractivity contribution in [1.29, 1.82) is 0 Å². The van der Waals surface area contributed by atoms with Gasteiger partial charge in [0.2, 0.25) is 0 Å². The van der Waals surface area contributed by atoms with E-state index in [1.807, 2.05) is 5.06 Å². The third-order valence-electron chi connectivity index (χ3n) is 1.12. The van der Waals surface area contributed by atoms with Crippen molar-refractivity contribution in [2.75, 3.05) is 0 Å². The number of hydroxylamine groups is 2. The van der Waals surface area contributed by atoms with Crippen molar-refractivity contribution in [3.8, 4) is 0 Å². The standard InChI is InChI=1S/C8H13I3NO/c1-6(9)12(7-5-10-11-7)13-8(2,3)4/h5,7H,1H2,2-4H3/q-1. The molecule has 0 aromatic carbocycles. The van der Waals surface area contributed by atoms with Crippen LogP contribution in [-0.4, -0.2) is 18.7 Å². The molecular weight excluding hydrogens is 507 g/mol. The van der Waals surface area contributed by atoms with Gasteiger partial charge in [-0.05, 0) is 0 Å². The Hall–Kier alpha value is 1.56. The van der Waals surface area contributed by atoms with Gasteiger partial charge in [0.1, 0.15) is 0 Å². The number of rotatable bonds is 3. The average Bonchev–Trinajstić information content (AvgIpc) is 1.78. The van der Waals surface area contributed by atoms with E-state index in [1.54, 1.807) is 0 Å². The average molecular weight is 520 g/mol. The zero-order chi connectivity index (χ0) is 10.1. The van der Waals surface area contributed by atoms with Crippen molar-refractivity contribution in [3.63, 3.8) is 0 Å². The summed E-state index contributed by atoms with van der Waals surface area (Å²) in [6.45, 7) is 10.2. The molecule has 0 aliphatic carbocycles. The van der Waals surface area contributed by atoms with Crippen LogP contribution in [0.5, 0.6) is 0 Å².